The molecule has 0 fully saturated rings. The highest BCUT2D eigenvalue weighted by Gasteiger charge is 2.34. The Labute approximate surface area is 342 Å². The minimum atomic E-state index is -0.539. The van der Waals surface area contributed by atoms with Gasteiger partial charge in [-0.25, -0.2) is 4.79 Å². The number of rotatable bonds is 13. The maximum Gasteiger partial charge on any atom is 0.341 e. The molecular formula is C46H47N3O6S2. The lowest BCUT2D eigenvalue weighted by atomic mass is 9.72. The Morgan fingerprint density at radius 2 is 1.60 bits per heavy atom. The van der Waals surface area contributed by atoms with Crippen molar-refractivity contribution in [3.8, 4) is 5.75 Å². The van der Waals surface area contributed by atoms with Gasteiger partial charge in [-0.15, -0.1) is 23.1 Å². The van der Waals surface area contributed by atoms with E-state index in [0.29, 0.717) is 45.7 Å². The van der Waals surface area contributed by atoms with Crippen LogP contribution in [-0.4, -0.2) is 36.1 Å². The molecule has 2 atom stereocenters. The first-order valence-electron chi connectivity index (χ1n) is 18.8. The quantitative estimate of drug-likeness (QED) is 0.0616. The van der Waals surface area contributed by atoms with Crippen LogP contribution in [0.4, 0.5) is 10.7 Å². The number of hydrogen-bond acceptors (Lipinski definition) is 8. The molecule has 1 aliphatic rings. The summed E-state index contributed by atoms with van der Waals surface area (Å²) in [7, 11) is 1.36. The van der Waals surface area contributed by atoms with E-state index in [1.54, 1.807) is 55.5 Å². The molecule has 294 valence electrons. The lowest BCUT2D eigenvalue weighted by Crippen LogP contribution is -2.30. The molecule has 9 nitrogen and oxygen atoms in total. The van der Waals surface area contributed by atoms with Gasteiger partial charge in [0, 0.05) is 21.0 Å². The van der Waals surface area contributed by atoms with Crippen molar-refractivity contribution >= 4 is 63.6 Å². The predicted octanol–water partition coefficient (Wildman–Crippen LogP) is 9.79. The first-order chi connectivity index (χ1) is 27.4. The largest absolute Gasteiger partial charge is 0.489 e. The van der Waals surface area contributed by atoms with E-state index >= 15 is 0 Å². The summed E-state index contributed by atoms with van der Waals surface area (Å²) in [5.41, 5.74) is 4.22. The molecule has 4 aromatic carbocycles. The maximum absolute atomic E-state index is 13.8. The Balaban J connectivity index is 1.14. The fourth-order valence-corrected chi connectivity index (χ4v) is 8.80. The number of anilines is 2. The van der Waals surface area contributed by atoms with Gasteiger partial charge in [-0.2, -0.15) is 0 Å². The van der Waals surface area contributed by atoms with Crippen LogP contribution < -0.4 is 20.7 Å². The van der Waals surface area contributed by atoms with Gasteiger partial charge >= 0.3 is 5.97 Å². The van der Waals surface area contributed by atoms with Crippen LogP contribution in [0.2, 0.25) is 0 Å². The van der Waals surface area contributed by atoms with E-state index in [2.05, 4.69) is 36.7 Å². The van der Waals surface area contributed by atoms with Gasteiger partial charge in [-0.1, -0.05) is 87.5 Å². The van der Waals surface area contributed by atoms with E-state index in [4.69, 9.17) is 9.47 Å². The molecule has 0 aliphatic heterocycles. The van der Waals surface area contributed by atoms with Crippen molar-refractivity contribution in [3.05, 3.63) is 148 Å². The van der Waals surface area contributed by atoms with E-state index in [1.165, 1.54) is 30.2 Å². The number of esters is 1. The molecule has 11 heteroatoms. The zero-order valence-electron chi connectivity index (χ0n) is 32.7. The Bertz CT molecular complexity index is 2250. The molecule has 0 saturated heterocycles. The Morgan fingerprint density at radius 3 is 2.28 bits per heavy atom. The molecule has 2 unspecified atom stereocenters. The number of nitrogens with one attached hydrogen (secondary N) is 3. The van der Waals surface area contributed by atoms with Crippen molar-refractivity contribution in [2.24, 2.45) is 11.3 Å². The summed E-state index contributed by atoms with van der Waals surface area (Å²) in [5, 5.41) is 8.70. The molecular weight excluding hydrogens is 755 g/mol. The van der Waals surface area contributed by atoms with E-state index in [0.717, 1.165) is 40.2 Å². The summed E-state index contributed by atoms with van der Waals surface area (Å²) >= 11 is 2.79. The monoisotopic (exact) mass is 801 g/mol. The SMILES string of the molecule is COC(=O)c1c(NC(=O)C(C)Sc2cccc(NC(=O)/C(=C/c3ccc(OCc4ccccc4)cc3)NC(=O)c3ccccc3)c2)sc2c1CCC(C(C)(C)C)C2. The molecule has 1 heterocycles. The topological polar surface area (TPSA) is 123 Å². The van der Waals surface area contributed by atoms with Crippen LogP contribution in [0.5, 0.6) is 5.75 Å². The van der Waals surface area contributed by atoms with Gasteiger partial charge in [-0.3, -0.25) is 14.4 Å². The van der Waals surface area contributed by atoms with Gasteiger partial charge in [0.15, 0.2) is 0 Å². The Kier molecular flexibility index (Phi) is 13.3. The van der Waals surface area contributed by atoms with Gasteiger partial charge < -0.3 is 25.4 Å². The van der Waals surface area contributed by atoms with Crippen molar-refractivity contribution < 1.29 is 28.7 Å². The summed E-state index contributed by atoms with van der Waals surface area (Å²) in [6.07, 6.45) is 4.20. The van der Waals surface area contributed by atoms with Crippen molar-refractivity contribution in [2.75, 3.05) is 17.7 Å². The minimum Gasteiger partial charge on any atom is -0.489 e. The summed E-state index contributed by atoms with van der Waals surface area (Å²) in [4.78, 5) is 55.4. The number of ether oxygens (including phenoxy) is 2. The molecule has 0 spiro atoms. The summed E-state index contributed by atoms with van der Waals surface area (Å²) in [5.74, 6) is -0.513. The zero-order valence-corrected chi connectivity index (χ0v) is 34.4. The standard InChI is InChI=1S/C46H47N3O6S2/c1-29(41(50)49-44-40(45(53)54-5)37-24-21-33(46(2,3)4)26-39(37)57-44)56-36-18-12-17-34(27-36)47-43(52)38(48-42(51)32-15-10-7-11-16-32)25-30-19-22-35(23-20-30)55-28-31-13-8-6-9-14-31/h6-20,22-23,25,27,29,33H,21,24,26,28H2,1-5H3,(H,47,52)(H,48,51)(H,49,50)/b38-25-. The number of carbonyl (C=O) groups is 4. The van der Waals surface area contributed by atoms with E-state index in [-0.39, 0.29) is 17.0 Å². The molecule has 57 heavy (non-hydrogen) atoms. The van der Waals surface area contributed by atoms with Crippen LogP contribution in [0.3, 0.4) is 0 Å². The molecule has 0 bridgehead atoms. The summed E-state index contributed by atoms with van der Waals surface area (Å²) in [6, 6.07) is 32.9. The number of thiophene rings is 1. The van der Waals surface area contributed by atoms with Gasteiger partial charge in [0.05, 0.1) is 17.9 Å². The second-order valence-corrected chi connectivity index (χ2v) is 17.5. The fourth-order valence-electron chi connectivity index (χ4n) is 6.56. The highest BCUT2D eigenvalue weighted by atomic mass is 32.2. The molecule has 1 aliphatic carbocycles. The first-order valence-corrected chi connectivity index (χ1v) is 20.5. The third kappa shape index (κ3) is 10.8. The minimum absolute atomic E-state index is 0.0430. The van der Waals surface area contributed by atoms with Crippen molar-refractivity contribution in [2.45, 2.75) is 63.7 Å². The van der Waals surface area contributed by atoms with Crippen LogP contribution in [-0.2, 0) is 33.8 Å². The average Bonchev–Trinajstić information content (AvgIpc) is 3.57. The number of amides is 3. The van der Waals surface area contributed by atoms with Crippen LogP contribution in [0.15, 0.2) is 120 Å². The Morgan fingerprint density at radius 1 is 0.895 bits per heavy atom. The van der Waals surface area contributed by atoms with Crippen LogP contribution in [0.1, 0.15) is 76.4 Å². The normalized spacial score (nSPS) is 14.5. The molecule has 5 aromatic rings. The summed E-state index contributed by atoms with van der Waals surface area (Å²) < 4.78 is 11.1. The van der Waals surface area contributed by atoms with Crippen LogP contribution >= 0.6 is 23.1 Å². The molecule has 3 amide bonds. The third-order valence-corrected chi connectivity index (χ3v) is 12.1. The number of thioether (sulfide) groups is 1. The molecule has 0 radical (unpaired) electrons. The second-order valence-electron chi connectivity index (χ2n) is 15.0. The number of hydrogen-bond donors (Lipinski definition) is 3. The van der Waals surface area contributed by atoms with Gasteiger partial charge in [-0.05, 0) is 103 Å². The molecule has 0 saturated carbocycles. The lowest BCUT2D eigenvalue weighted by molar-refractivity contribution is -0.115. The van der Waals surface area contributed by atoms with Gasteiger partial charge in [0.1, 0.15) is 23.1 Å². The van der Waals surface area contributed by atoms with E-state index < -0.39 is 23.0 Å². The van der Waals surface area contributed by atoms with Crippen molar-refractivity contribution in [1.82, 2.24) is 5.32 Å². The van der Waals surface area contributed by atoms with Crippen LogP contribution in [0.25, 0.3) is 6.08 Å². The number of benzene rings is 4. The lowest BCUT2D eigenvalue weighted by Gasteiger charge is -2.33. The predicted molar refractivity (Wildman–Crippen MR) is 229 cm³/mol. The first kappa shape index (κ1) is 41.0. The van der Waals surface area contributed by atoms with E-state index in [9.17, 15) is 19.2 Å². The fraction of sp³-hybridized carbons (Fsp3) is 0.261. The van der Waals surface area contributed by atoms with E-state index in [1.807, 2.05) is 66.7 Å². The van der Waals surface area contributed by atoms with Crippen LogP contribution in [0, 0.1) is 11.3 Å². The number of methoxy groups -OCH3 is 1. The Hall–Kier alpha value is -5.65. The smallest absolute Gasteiger partial charge is 0.341 e. The molecule has 6 rings (SSSR count). The van der Waals surface area contributed by atoms with Gasteiger partial charge in [0.2, 0.25) is 5.91 Å². The van der Waals surface area contributed by atoms with Crippen molar-refractivity contribution in [1.29, 1.82) is 0 Å². The maximum atomic E-state index is 13.8. The highest BCUT2D eigenvalue weighted by molar-refractivity contribution is 8.00. The average molecular weight is 802 g/mol. The second kappa shape index (κ2) is 18.5. The highest BCUT2D eigenvalue weighted by Crippen LogP contribution is 2.44. The third-order valence-electron chi connectivity index (χ3n) is 9.86. The zero-order chi connectivity index (χ0) is 40.5. The molecule has 3 N–H and O–H groups in total. The number of fused-ring (bicyclic) bond motifs is 1. The van der Waals surface area contributed by atoms with Crippen molar-refractivity contribution in [3.63, 3.8) is 0 Å². The van der Waals surface area contributed by atoms with Gasteiger partial charge in [0.25, 0.3) is 11.8 Å². The summed E-state index contributed by atoms with van der Waals surface area (Å²) in [6.45, 7) is 8.93. The number of carbonyl (C=O) groups excluding carboxylic acids is 4. The molecule has 1 aromatic heterocycles.